The minimum absolute atomic E-state index is 0.153. The summed E-state index contributed by atoms with van der Waals surface area (Å²) in [4.78, 5) is 23.7. The van der Waals surface area contributed by atoms with Gasteiger partial charge < -0.3 is 15.0 Å². The number of methoxy groups -OCH3 is 1. The summed E-state index contributed by atoms with van der Waals surface area (Å²) in [7, 11) is 1.64. The molecule has 6 nitrogen and oxygen atoms in total. The number of anilines is 1. The van der Waals surface area contributed by atoms with Crippen molar-refractivity contribution in [3.05, 3.63) is 70.5 Å². The zero-order valence-corrected chi connectivity index (χ0v) is 17.0. The van der Waals surface area contributed by atoms with E-state index in [2.05, 4.69) is 10.3 Å². The second-order valence-electron chi connectivity index (χ2n) is 6.91. The van der Waals surface area contributed by atoms with Crippen LogP contribution in [0.4, 0.5) is 10.5 Å². The molecule has 2 amide bonds. The van der Waals surface area contributed by atoms with Gasteiger partial charge in [-0.3, -0.25) is 0 Å². The maximum absolute atomic E-state index is 12.7. The van der Waals surface area contributed by atoms with Gasteiger partial charge in [0, 0.05) is 41.0 Å². The number of fused-ring (bicyclic) bond motifs is 1. The number of rotatable bonds is 3. The first-order chi connectivity index (χ1) is 14.0. The normalized spacial score (nSPS) is 13.0. The maximum Gasteiger partial charge on any atom is 0.322 e. The standard InChI is InChI=1S/C22H21ClN4O2/c1-14-18(23)4-3-5-19(14)26-22(28)27-11-10-20-16(13-27)12-24-21(25-20)15-6-8-17(29-2)9-7-15/h3-9,12H,10-11,13H2,1-2H3,(H,26,28). The second kappa shape index (κ2) is 8.09. The molecule has 0 saturated carbocycles. The van der Waals surface area contributed by atoms with E-state index >= 15 is 0 Å². The number of amides is 2. The van der Waals surface area contributed by atoms with Crippen LogP contribution in [0.1, 0.15) is 16.8 Å². The molecule has 1 aromatic heterocycles. The molecular weight excluding hydrogens is 388 g/mol. The van der Waals surface area contributed by atoms with E-state index in [0.717, 1.165) is 33.8 Å². The first-order valence-corrected chi connectivity index (χ1v) is 9.73. The van der Waals surface area contributed by atoms with Crippen LogP contribution in [-0.4, -0.2) is 34.6 Å². The van der Waals surface area contributed by atoms with E-state index in [9.17, 15) is 4.79 Å². The Bertz CT molecular complexity index is 1050. The molecule has 0 fully saturated rings. The van der Waals surface area contributed by atoms with E-state index in [-0.39, 0.29) is 6.03 Å². The fraction of sp³-hybridized carbons (Fsp3) is 0.227. The lowest BCUT2D eigenvalue weighted by Crippen LogP contribution is -2.39. The molecule has 0 unspecified atom stereocenters. The summed E-state index contributed by atoms with van der Waals surface area (Å²) >= 11 is 6.14. The zero-order valence-electron chi connectivity index (χ0n) is 16.3. The lowest BCUT2D eigenvalue weighted by molar-refractivity contribution is 0.206. The van der Waals surface area contributed by atoms with E-state index in [1.165, 1.54) is 0 Å². The summed E-state index contributed by atoms with van der Waals surface area (Å²) in [5.74, 6) is 1.47. The number of urea groups is 1. The van der Waals surface area contributed by atoms with Crippen LogP contribution in [0.2, 0.25) is 5.02 Å². The van der Waals surface area contributed by atoms with Crippen molar-refractivity contribution in [3.63, 3.8) is 0 Å². The Morgan fingerprint density at radius 3 is 2.76 bits per heavy atom. The highest BCUT2D eigenvalue weighted by Crippen LogP contribution is 2.25. The lowest BCUT2D eigenvalue weighted by atomic mass is 10.1. The molecule has 1 aliphatic rings. The predicted octanol–water partition coefficient (Wildman–Crippen LogP) is 4.70. The van der Waals surface area contributed by atoms with Gasteiger partial charge >= 0.3 is 6.03 Å². The molecule has 2 heterocycles. The van der Waals surface area contributed by atoms with E-state index in [0.29, 0.717) is 30.4 Å². The summed E-state index contributed by atoms with van der Waals surface area (Å²) in [6.45, 7) is 2.96. The monoisotopic (exact) mass is 408 g/mol. The minimum atomic E-state index is -0.153. The van der Waals surface area contributed by atoms with Gasteiger partial charge in [0.2, 0.25) is 0 Å². The van der Waals surface area contributed by atoms with E-state index in [1.54, 1.807) is 18.1 Å². The van der Waals surface area contributed by atoms with Crippen LogP contribution in [0.3, 0.4) is 0 Å². The van der Waals surface area contributed by atoms with Crippen LogP contribution in [0.25, 0.3) is 11.4 Å². The summed E-state index contributed by atoms with van der Waals surface area (Å²) in [6, 6.07) is 13.0. The molecular formula is C22H21ClN4O2. The number of carbonyl (C=O) groups is 1. The summed E-state index contributed by atoms with van der Waals surface area (Å²) in [5, 5.41) is 3.58. The van der Waals surface area contributed by atoms with Gasteiger partial charge in [0.05, 0.1) is 19.3 Å². The molecule has 0 spiro atoms. The van der Waals surface area contributed by atoms with Crippen molar-refractivity contribution in [2.24, 2.45) is 0 Å². The quantitative estimate of drug-likeness (QED) is 0.681. The molecule has 148 valence electrons. The van der Waals surface area contributed by atoms with Gasteiger partial charge in [-0.25, -0.2) is 14.8 Å². The van der Waals surface area contributed by atoms with Crippen LogP contribution in [-0.2, 0) is 13.0 Å². The van der Waals surface area contributed by atoms with Crippen molar-refractivity contribution in [1.82, 2.24) is 14.9 Å². The van der Waals surface area contributed by atoms with Crippen LogP contribution in [0.15, 0.2) is 48.7 Å². The van der Waals surface area contributed by atoms with Crippen molar-refractivity contribution < 1.29 is 9.53 Å². The fourth-order valence-electron chi connectivity index (χ4n) is 3.31. The van der Waals surface area contributed by atoms with Crippen molar-refractivity contribution in [1.29, 1.82) is 0 Å². The Hall–Kier alpha value is -3.12. The van der Waals surface area contributed by atoms with Gasteiger partial charge in [-0.1, -0.05) is 17.7 Å². The third-order valence-electron chi connectivity index (χ3n) is 5.08. The molecule has 0 bridgehead atoms. The average molecular weight is 409 g/mol. The Kier molecular flexibility index (Phi) is 5.36. The molecule has 0 atom stereocenters. The Morgan fingerprint density at radius 1 is 1.21 bits per heavy atom. The smallest absolute Gasteiger partial charge is 0.322 e. The van der Waals surface area contributed by atoms with Gasteiger partial charge in [-0.15, -0.1) is 0 Å². The molecule has 29 heavy (non-hydrogen) atoms. The van der Waals surface area contributed by atoms with Gasteiger partial charge in [-0.2, -0.15) is 0 Å². The summed E-state index contributed by atoms with van der Waals surface area (Å²) in [5.41, 5.74) is 4.46. The van der Waals surface area contributed by atoms with Crippen LogP contribution < -0.4 is 10.1 Å². The first-order valence-electron chi connectivity index (χ1n) is 9.35. The number of hydrogen-bond acceptors (Lipinski definition) is 4. The number of ether oxygens (including phenoxy) is 1. The van der Waals surface area contributed by atoms with Gasteiger partial charge in [0.15, 0.2) is 5.82 Å². The summed E-state index contributed by atoms with van der Waals surface area (Å²) in [6.07, 6.45) is 2.49. The highest BCUT2D eigenvalue weighted by molar-refractivity contribution is 6.31. The van der Waals surface area contributed by atoms with Crippen molar-refractivity contribution in [2.45, 2.75) is 19.9 Å². The second-order valence-corrected chi connectivity index (χ2v) is 7.32. The molecule has 0 saturated heterocycles. The molecule has 4 rings (SSSR count). The Labute approximate surface area is 174 Å². The van der Waals surface area contributed by atoms with Crippen LogP contribution in [0, 0.1) is 6.92 Å². The zero-order chi connectivity index (χ0) is 20.4. The van der Waals surface area contributed by atoms with Crippen molar-refractivity contribution >= 4 is 23.3 Å². The number of aromatic nitrogens is 2. The largest absolute Gasteiger partial charge is 0.497 e. The van der Waals surface area contributed by atoms with Crippen molar-refractivity contribution in [3.8, 4) is 17.1 Å². The third-order valence-corrected chi connectivity index (χ3v) is 5.49. The van der Waals surface area contributed by atoms with Crippen molar-refractivity contribution in [2.75, 3.05) is 19.0 Å². The molecule has 0 radical (unpaired) electrons. The highest BCUT2D eigenvalue weighted by Gasteiger charge is 2.23. The van der Waals surface area contributed by atoms with Gasteiger partial charge in [0.25, 0.3) is 0 Å². The Balaban J connectivity index is 1.48. The lowest BCUT2D eigenvalue weighted by Gasteiger charge is -2.28. The molecule has 1 N–H and O–H groups in total. The molecule has 3 aromatic rings. The Morgan fingerprint density at radius 2 is 2.00 bits per heavy atom. The molecule has 0 aliphatic carbocycles. The van der Waals surface area contributed by atoms with Crippen LogP contribution in [0.5, 0.6) is 5.75 Å². The van der Waals surface area contributed by atoms with E-state index < -0.39 is 0 Å². The number of benzene rings is 2. The SMILES string of the molecule is COc1ccc(-c2ncc3c(n2)CCN(C(=O)Nc2cccc(Cl)c2C)C3)cc1. The van der Waals surface area contributed by atoms with Gasteiger partial charge in [0.1, 0.15) is 5.75 Å². The van der Waals surface area contributed by atoms with E-state index in [1.807, 2.05) is 49.5 Å². The van der Waals surface area contributed by atoms with Gasteiger partial charge in [-0.05, 0) is 48.9 Å². The number of carbonyl (C=O) groups excluding carboxylic acids is 1. The van der Waals surface area contributed by atoms with Crippen LogP contribution >= 0.6 is 11.6 Å². The average Bonchev–Trinajstić information content (AvgIpc) is 2.76. The van der Waals surface area contributed by atoms with E-state index in [4.69, 9.17) is 21.3 Å². The number of hydrogen-bond donors (Lipinski definition) is 1. The minimum Gasteiger partial charge on any atom is -0.497 e. The molecule has 2 aromatic carbocycles. The maximum atomic E-state index is 12.7. The molecule has 7 heteroatoms. The highest BCUT2D eigenvalue weighted by atomic mass is 35.5. The number of nitrogens with one attached hydrogen (secondary N) is 1. The fourth-order valence-corrected chi connectivity index (χ4v) is 3.48. The first kappa shape index (κ1) is 19.2. The molecule has 1 aliphatic heterocycles. The predicted molar refractivity (Wildman–Crippen MR) is 113 cm³/mol. The third kappa shape index (κ3) is 4.03. The number of halogens is 1. The summed E-state index contributed by atoms with van der Waals surface area (Å²) < 4.78 is 5.19. The number of nitrogens with zero attached hydrogens (tertiary/aromatic N) is 3. The topological polar surface area (TPSA) is 67.4 Å².